The summed E-state index contributed by atoms with van der Waals surface area (Å²) in [5.74, 6) is 6.48. The number of hydrogen-bond donors (Lipinski definition) is 0. The second-order valence-electron chi connectivity index (χ2n) is 4.33. The quantitative estimate of drug-likeness (QED) is 0.501. The van der Waals surface area contributed by atoms with Crippen molar-refractivity contribution in [2.75, 3.05) is 13.1 Å². The SMILES string of the molecule is C=C(C#CCB(CC)CC)N1CCCC1. The van der Waals surface area contributed by atoms with Crippen LogP contribution >= 0.6 is 0 Å². The zero-order valence-corrected chi connectivity index (χ0v) is 10.2. The first-order valence-corrected chi connectivity index (χ1v) is 6.20. The van der Waals surface area contributed by atoms with Crippen LogP contribution in [0.25, 0.3) is 0 Å². The first-order chi connectivity index (χ1) is 7.27. The third kappa shape index (κ3) is 4.04. The average Bonchev–Trinajstić information content (AvgIpc) is 2.77. The topological polar surface area (TPSA) is 3.24 Å². The maximum absolute atomic E-state index is 4.04. The Kier molecular flexibility index (Phi) is 5.39. The first-order valence-electron chi connectivity index (χ1n) is 6.20. The summed E-state index contributed by atoms with van der Waals surface area (Å²) in [6.07, 6.45) is 6.10. The maximum atomic E-state index is 4.04. The molecule has 1 saturated heterocycles. The summed E-state index contributed by atoms with van der Waals surface area (Å²) in [6.45, 7) is 11.6. The number of nitrogens with zero attached hydrogens (tertiary/aromatic N) is 1. The standard InChI is InChI=1S/C13H22BN/c1-4-14(5-2)10-8-9-13(3)15-11-6-7-12-15/h3-7,10-12H2,1-2H3. The lowest BCUT2D eigenvalue weighted by molar-refractivity contribution is 0.446. The van der Waals surface area contributed by atoms with Crippen molar-refractivity contribution in [3.05, 3.63) is 12.3 Å². The van der Waals surface area contributed by atoms with Crippen molar-refractivity contribution in [1.29, 1.82) is 0 Å². The summed E-state index contributed by atoms with van der Waals surface area (Å²) < 4.78 is 0. The van der Waals surface area contributed by atoms with Crippen molar-refractivity contribution in [2.45, 2.75) is 45.6 Å². The monoisotopic (exact) mass is 203 g/mol. The molecular weight excluding hydrogens is 181 g/mol. The average molecular weight is 203 g/mol. The molecule has 0 atom stereocenters. The number of likely N-dealkylation sites (tertiary alicyclic amines) is 1. The van der Waals surface area contributed by atoms with Gasteiger partial charge in [0.1, 0.15) is 0 Å². The zero-order valence-electron chi connectivity index (χ0n) is 10.2. The molecule has 0 saturated carbocycles. The summed E-state index contributed by atoms with van der Waals surface area (Å²) in [5, 5.41) is 0. The Bertz CT molecular complexity index is 251. The highest BCUT2D eigenvalue weighted by molar-refractivity contribution is 6.59. The fraction of sp³-hybridized carbons (Fsp3) is 0.692. The molecule has 0 aliphatic carbocycles. The molecule has 1 rings (SSSR count). The van der Waals surface area contributed by atoms with Crippen LogP contribution in [0.2, 0.25) is 19.0 Å². The Labute approximate surface area is 95.0 Å². The Morgan fingerprint density at radius 3 is 2.40 bits per heavy atom. The Hall–Kier alpha value is -0.835. The molecule has 0 aromatic rings. The Balaban J connectivity index is 2.33. The minimum absolute atomic E-state index is 0.767. The van der Waals surface area contributed by atoms with Crippen LogP contribution < -0.4 is 0 Å². The molecule has 1 heterocycles. The van der Waals surface area contributed by atoms with Crippen LogP contribution in [-0.2, 0) is 0 Å². The van der Waals surface area contributed by atoms with Crippen molar-refractivity contribution >= 4 is 6.71 Å². The van der Waals surface area contributed by atoms with E-state index in [1.54, 1.807) is 0 Å². The fourth-order valence-electron chi connectivity index (χ4n) is 1.94. The van der Waals surface area contributed by atoms with Gasteiger partial charge in [0.25, 0.3) is 0 Å². The normalized spacial score (nSPS) is 14.7. The minimum atomic E-state index is 0.767. The van der Waals surface area contributed by atoms with Gasteiger partial charge >= 0.3 is 0 Å². The van der Waals surface area contributed by atoms with Gasteiger partial charge in [-0.05, 0) is 19.2 Å². The number of rotatable bonds is 4. The van der Waals surface area contributed by atoms with Crippen LogP contribution in [0.5, 0.6) is 0 Å². The van der Waals surface area contributed by atoms with E-state index in [0.29, 0.717) is 0 Å². The van der Waals surface area contributed by atoms with E-state index in [1.165, 1.54) is 25.5 Å². The van der Waals surface area contributed by atoms with E-state index in [9.17, 15) is 0 Å². The highest BCUT2D eigenvalue weighted by Gasteiger charge is 2.11. The van der Waals surface area contributed by atoms with Crippen molar-refractivity contribution in [2.24, 2.45) is 0 Å². The van der Waals surface area contributed by atoms with Crippen LogP contribution in [0.15, 0.2) is 12.3 Å². The van der Waals surface area contributed by atoms with Gasteiger partial charge in [-0.25, -0.2) is 0 Å². The molecule has 1 nitrogen and oxygen atoms in total. The van der Waals surface area contributed by atoms with Gasteiger partial charge in [0.15, 0.2) is 6.71 Å². The van der Waals surface area contributed by atoms with Crippen molar-refractivity contribution in [1.82, 2.24) is 4.90 Å². The molecule has 0 unspecified atom stereocenters. The smallest absolute Gasteiger partial charge is 0.153 e. The minimum Gasteiger partial charge on any atom is -0.365 e. The van der Waals surface area contributed by atoms with Gasteiger partial charge in [0.2, 0.25) is 0 Å². The summed E-state index contributed by atoms with van der Waals surface area (Å²) >= 11 is 0. The molecular formula is C13H22BN. The summed E-state index contributed by atoms with van der Waals surface area (Å²) in [7, 11) is 0. The maximum Gasteiger partial charge on any atom is 0.153 e. The van der Waals surface area contributed by atoms with Gasteiger partial charge in [-0.2, -0.15) is 0 Å². The molecule has 0 amide bonds. The van der Waals surface area contributed by atoms with Crippen LogP contribution in [-0.4, -0.2) is 24.7 Å². The molecule has 0 aromatic heterocycles. The molecule has 0 spiro atoms. The van der Waals surface area contributed by atoms with Crippen LogP contribution in [0.3, 0.4) is 0 Å². The van der Waals surface area contributed by atoms with Gasteiger partial charge < -0.3 is 4.90 Å². The van der Waals surface area contributed by atoms with Gasteiger partial charge in [0, 0.05) is 13.1 Å². The highest BCUT2D eigenvalue weighted by atomic mass is 15.1. The second kappa shape index (κ2) is 6.61. The molecule has 0 radical (unpaired) electrons. The molecule has 2 heteroatoms. The second-order valence-corrected chi connectivity index (χ2v) is 4.33. The van der Waals surface area contributed by atoms with E-state index < -0.39 is 0 Å². The predicted molar refractivity (Wildman–Crippen MR) is 69.2 cm³/mol. The molecule has 1 fully saturated rings. The lowest BCUT2D eigenvalue weighted by Gasteiger charge is -2.15. The van der Waals surface area contributed by atoms with E-state index in [-0.39, 0.29) is 0 Å². The summed E-state index contributed by atoms with van der Waals surface area (Å²) in [5.41, 5.74) is 1.03. The Morgan fingerprint density at radius 1 is 1.27 bits per heavy atom. The van der Waals surface area contributed by atoms with Gasteiger partial charge in [-0.1, -0.05) is 39.0 Å². The van der Waals surface area contributed by atoms with E-state index in [1.807, 2.05) is 0 Å². The first kappa shape index (κ1) is 12.2. The summed E-state index contributed by atoms with van der Waals surface area (Å²) in [4.78, 5) is 2.31. The lowest BCUT2D eigenvalue weighted by Crippen LogP contribution is -2.16. The molecule has 0 aromatic carbocycles. The van der Waals surface area contributed by atoms with Crippen LogP contribution in [0.4, 0.5) is 0 Å². The molecule has 1 aliphatic heterocycles. The summed E-state index contributed by atoms with van der Waals surface area (Å²) in [6, 6.07) is 0. The van der Waals surface area contributed by atoms with Gasteiger partial charge in [0.05, 0.1) is 5.70 Å². The van der Waals surface area contributed by atoms with Crippen LogP contribution in [0, 0.1) is 11.8 Å². The third-order valence-electron chi connectivity index (χ3n) is 3.27. The molecule has 0 bridgehead atoms. The number of hydrogen-bond acceptors (Lipinski definition) is 1. The van der Waals surface area contributed by atoms with E-state index in [4.69, 9.17) is 0 Å². The molecule has 1 aliphatic rings. The van der Waals surface area contributed by atoms with Crippen molar-refractivity contribution < 1.29 is 0 Å². The molecule has 82 valence electrons. The van der Waals surface area contributed by atoms with E-state index >= 15 is 0 Å². The largest absolute Gasteiger partial charge is 0.365 e. The van der Waals surface area contributed by atoms with Crippen LogP contribution in [0.1, 0.15) is 26.7 Å². The van der Waals surface area contributed by atoms with Gasteiger partial charge in [-0.3, -0.25) is 0 Å². The number of allylic oxidation sites excluding steroid dienone is 1. The third-order valence-corrected chi connectivity index (χ3v) is 3.27. The van der Waals surface area contributed by atoms with E-state index in [0.717, 1.165) is 31.8 Å². The van der Waals surface area contributed by atoms with Gasteiger partial charge in [-0.15, -0.1) is 5.92 Å². The highest BCUT2D eigenvalue weighted by Crippen LogP contribution is 2.12. The lowest BCUT2D eigenvalue weighted by atomic mass is 9.44. The molecule has 15 heavy (non-hydrogen) atoms. The van der Waals surface area contributed by atoms with Crippen molar-refractivity contribution in [3.8, 4) is 11.8 Å². The predicted octanol–water partition coefficient (Wildman–Crippen LogP) is 3.13. The van der Waals surface area contributed by atoms with E-state index in [2.05, 4.69) is 37.2 Å². The zero-order chi connectivity index (χ0) is 11.1. The fourth-order valence-corrected chi connectivity index (χ4v) is 1.94. The Morgan fingerprint density at radius 2 is 1.87 bits per heavy atom. The molecule has 0 N–H and O–H groups in total. The van der Waals surface area contributed by atoms with Crippen molar-refractivity contribution in [3.63, 3.8) is 0 Å².